The highest BCUT2D eigenvalue weighted by atomic mass is 35.5. The van der Waals surface area contributed by atoms with Crippen LogP contribution in [0.2, 0.25) is 0 Å². The normalized spacial score (nSPS) is 18.8. The third-order valence-electron chi connectivity index (χ3n) is 2.63. The van der Waals surface area contributed by atoms with Gasteiger partial charge in [-0.1, -0.05) is 0 Å². The van der Waals surface area contributed by atoms with Crippen LogP contribution in [-0.4, -0.2) is 48.1 Å². The molecular weight excluding hydrogens is 297 g/mol. The predicted octanol–water partition coefficient (Wildman–Crippen LogP) is 1.09. The minimum absolute atomic E-state index is 0. The van der Waals surface area contributed by atoms with E-state index >= 15 is 0 Å². The molecule has 1 fully saturated rings. The first kappa shape index (κ1) is 17.6. The van der Waals surface area contributed by atoms with Gasteiger partial charge in [0.05, 0.1) is 23.9 Å². The van der Waals surface area contributed by atoms with Crippen molar-refractivity contribution in [2.75, 3.05) is 26.2 Å². The van der Waals surface area contributed by atoms with Crippen molar-refractivity contribution in [2.24, 2.45) is 5.73 Å². The molecule has 2 N–H and O–H groups in total. The van der Waals surface area contributed by atoms with Gasteiger partial charge in [0, 0.05) is 19.6 Å². The molecule has 1 amide bonds. The topological polar surface area (TPSA) is 68.5 Å². The van der Waals surface area contributed by atoms with Crippen LogP contribution < -0.4 is 5.73 Å². The lowest BCUT2D eigenvalue weighted by molar-refractivity contribution is -0.0166. The van der Waals surface area contributed by atoms with Crippen LogP contribution in [0.3, 0.4) is 0 Å². The van der Waals surface area contributed by atoms with Gasteiger partial charge < -0.3 is 15.4 Å². The molecule has 8 heteroatoms. The average Bonchev–Trinajstić information content (AvgIpc) is 2.74. The van der Waals surface area contributed by atoms with Crippen LogP contribution in [0, 0.1) is 6.92 Å². The molecule has 2 heterocycles. The SMILES string of the molecule is Cc1ncsc1C(=O)N1CCOC(CN)C1.Cl.Cl. The molecule has 18 heavy (non-hydrogen) atoms. The van der Waals surface area contributed by atoms with Crippen molar-refractivity contribution in [2.45, 2.75) is 13.0 Å². The number of ether oxygens (including phenoxy) is 1. The van der Waals surface area contributed by atoms with E-state index in [4.69, 9.17) is 10.5 Å². The third-order valence-corrected chi connectivity index (χ3v) is 3.55. The summed E-state index contributed by atoms with van der Waals surface area (Å²) in [5.74, 6) is 0.0433. The zero-order valence-electron chi connectivity index (χ0n) is 10.00. The minimum atomic E-state index is -0.0362. The van der Waals surface area contributed by atoms with Crippen molar-refractivity contribution in [1.82, 2.24) is 9.88 Å². The van der Waals surface area contributed by atoms with Crippen LogP contribution >= 0.6 is 36.2 Å². The van der Waals surface area contributed by atoms with Gasteiger partial charge in [-0.2, -0.15) is 0 Å². The summed E-state index contributed by atoms with van der Waals surface area (Å²) in [5, 5.41) is 0. The van der Waals surface area contributed by atoms with Crippen LogP contribution in [0.25, 0.3) is 0 Å². The van der Waals surface area contributed by atoms with Gasteiger partial charge in [-0.05, 0) is 6.92 Å². The Hall–Kier alpha value is -0.400. The summed E-state index contributed by atoms with van der Waals surface area (Å²) in [5.41, 5.74) is 8.04. The zero-order valence-corrected chi connectivity index (χ0v) is 12.4. The zero-order chi connectivity index (χ0) is 11.5. The Morgan fingerprint density at radius 1 is 1.67 bits per heavy atom. The first-order chi connectivity index (χ1) is 7.72. The van der Waals surface area contributed by atoms with Gasteiger partial charge in [0.2, 0.25) is 0 Å². The van der Waals surface area contributed by atoms with Gasteiger partial charge in [0.1, 0.15) is 4.88 Å². The van der Waals surface area contributed by atoms with E-state index in [1.54, 1.807) is 10.4 Å². The number of halogens is 2. The maximum atomic E-state index is 12.1. The van der Waals surface area contributed by atoms with Crippen molar-refractivity contribution in [1.29, 1.82) is 0 Å². The van der Waals surface area contributed by atoms with Crippen LogP contribution in [0.4, 0.5) is 0 Å². The molecule has 1 saturated heterocycles. The molecule has 1 aliphatic rings. The number of carbonyl (C=O) groups excluding carboxylic acids is 1. The lowest BCUT2D eigenvalue weighted by atomic mass is 10.2. The fraction of sp³-hybridized carbons (Fsp3) is 0.600. The van der Waals surface area contributed by atoms with Crippen molar-refractivity contribution in [3.8, 4) is 0 Å². The highest BCUT2D eigenvalue weighted by Crippen LogP contribution is 2.16. The summed E-state index contributed by atoms with van der Waals surface area (Å²) in [7, 11) is 0. The lowest BCUT2D eigenvalue weighted by Gasteiger charge is -2.32. The third kappa shape index (κ3) is 3.80. The minimum Gasteiger partial charge on any atom is -0.373 e. The number of thiazole rings is 1. The van der Waals surface area contributed by atoms with E-state index in [9.17, 15) is 4.79 Å². The maximum absolute atomic E-state index is 12.1. The molecule has 0 spiro atoms. The van der Waals surface area contributed by atoms with Gasteiger partial charge in [-0.25, -0.2) is 4.98 Å². The van der Waals surface area contributed by atoms with Gasteiger partial charge in [0.25, 0.3) is 5.91 Å². The molecular formula is C10H17Cl2N3O2S. The van der Waals surface area contributed by atoms with Crippen molar-refractivity contribution < 1.29 is 9.53 Å². The molecule has 0 bridgehead atoms. The van der Waals surface area contributed by atoms with E-state index < -0.39 is 0 Å². The number of aromatic nitrogens is 1. The Bertz CT molecular complexity index is 389. The first-order valence-electron chi connectivity index (χ1n) is 5.23. The number of aryl methyl sites for hydroxylation is 1. The second kappa shape index (κ2) is 7.91. The summed E-state index contributed by atoms with van der Waals surface area (Å²) in [4.78, 5) is 18.7. The van der Waals surface area contributed by atoms with Crippen molar-refractivity contribution in [3.05, 3.63) is 16.1 Å². The second-order valence-electron chi connectivity index (χ2n) is 3.75. The van der Waals surface area contributed by atoms with Gasteiger partial charge in [-0.15, -0.1) is 36.2 Å². The molecule has 0 aliphatic carbocycles. The quantitative estimate of drug-likeness (QED) is 0.887. The fourth-order valence-corrected chi connectivity index (χ4v) is 2.47. The summed E-state index contributed by atoms with van der Waals surface area (Å²) in [6.45, 7) is 4.07. The molecule has 5 nitrogen and oxygen atoms in total. The van der Waals surface area contributed by atoms with E-state index in [0.29, 0.717) is 26.2 Å². The van der Waals surface area contributed by atoms with Gasteiger partial charge in [0.15, 0.2) is 0 Å². The molecule has 1 atom stereocenters. The molecule has 1 aliphatic heterocycles. The molecule has 1 aromatic heterocycles. The number of carbonyl (C=O) groups is 1. The standard InChI is InChI=1S/C10H15N3O2S.2ClH/c1-7-9(16-6-12-7)10(14)13-2-3-15-8(4-11)5-13;;/h6,8H,2-5,11H2,1H3;2*1H. The smallest absolute Gasteiger partial charge is 0.266 e. The van der Waals surface area contributed by atoms with E-state index in [0.717, 1.165) is 10.6 Å². The number of nitrogens with two attached hydrogens (primary N) is 1. The number of rotatable bonds is 2. The predicted molar refractivity (Wildman–Crippen MR) is 76.0 cm³/mol. The van der Waals surface area contributed by atoms with Gasteiger partial charge >= 0.3 is 0 Å². The van der Waals surface area contributed by atoms with E-state index in [2.05, 4.69) is 4.98 Å². The fourth-order valence-electron chi connectivity index (χ4n) is 1.70. The average molecular weight is 314 g/mol. The number of morpholine rings is 1. The van der Waals surface area contributed by atoms with E-state index in [1.807, 2.05) is 6.92 Å². The highest BCUT2D eigenvalue weighted by Gasteiger charge is 2.25. The summed E-state index contributed by atoms with van der Waals surface area (Å²) >= 11 is 1.39. The summed E-state index contributed by atoms with van der Waals surface area (Å²) < 4.78 is 5.42. The molecule has 104 valence electrons. The molecule has 0 radical (unpaired) electrons. The van der Waals surface area contributed by atoms with E-state index in [1.165, 1.54) is 11.3 Å². The van der Waals surface area contributed by atoms with E-state index in [-0.39, 0.29) is 36.8 Å². The van der Waals surface area contributed by atoms with Crippen molar-refractivity contribution in [3.63, 3.8) is 0 Å². The van der Waals surface area contributed by atoms with Crippen LogP contribution in [0.15, 0.2) is 5.51 Å². The Labute approximate surface area is 123 Å². The van der Waals surface area contributed by atoms with Gasteiger partial charge in [-0.3, -0.25) is 4.79 Å². The Kier molecular flexibility index (Phi) is 7.73. The summed E-state index contributed by atoms with van der Waals surface area (Å²) in [6.07, 6.45) is -0.0362. The lowest BCUT2D eigenvalue weighted by Crippen LogP contribution is -2.48. The summed E-state index contributed by atoms with van der Waals surface area (Å²) in [6, 6.07) is 0. The largest absolute Gasteiger partial charge is 0.373 e. The molecule has 0 saturated carbocycles. The number of hydrogen-bond donors (Lipinski definition) is 1. The first-order valence-corrected chi connectivity index (χ1v) is 6.11. The second-order valence-corrected chi connectivity index (χ2v) is 4.60. The van der Waals surface area contributed by atoms with Crippen LogP contribution in [-0.2, 0) is 4.74 Å². The Morgan fingerprint density at radius 2 is 2.39 bits per heavy atom. The number of hydrogen-bond acceptors (Lipinski definition) is 5. The Balaban J connectivity index is 0.00000144. The Morgan fingerprint density at radius 3 is 2.94 bits per heavy atom. The molecule has 1 unspecified atom stereocenters. The molecule has 1 aromatic rings. The number of nitrogens with zero attached hydrogens (tertiary/aromatic N) is 2. The number of amides is 1. The van der Waals surface area contributed by atoms with Crippen LogP contribution in [0.1, 0.15) is 15.4 Å². The molecule has 2 rings (SSSR count). The van der Waals surface area contributed by atoms with Crippen molar-refractivity contribution >= 4 is 42.1 Å². The monoisotopic (exact) mass is 313 g/mol. The molecule has 0 aromatic carbocycles. The highest BCUT2D eigenvalue weighted by molar-refractivity contribution is 7.11. The maximum Gasteiger partial charge on any atom is 0.266 e. The van der Waals surface area contributed by atoms with Crippen LogP contribution in [0.5, 0.6) is 0 Å².